The SMILES string of the molecule is O=C(CCn1cnc2c(cnn2-c2ccc(F)cc2)c1=O)Nc1ccc(Cl)cc1. The fraction of sp³-hybridized carbons (Fsp3) is 0.100. The maximum Gasteiger partial charge on any atom is 0.264 e. The topological polar surface area (TPSA) is 81.8 Å². The predicted molar refractivity (Wildman–Crippen MR) is 108 cm³/mol. The average molecular weight is 412 g/mol. The number of hydrogen-bond acceptors (Lipinski definition) is 4. The zero-order chi connectivity index (χ0) is 20.4. The van der Waals surface area contributed by atoms with Crippen LogP contribution in [0.3, 0.4) is 0 Å². The molecule has 0 atom stereocenters. The first-order chi connectivity index (χ1) is 14.0. The molecule has 0 aliphatic rings. The molecule has 9 heteroatoms. The Hall–Kier alpha value is -3.52. The molecule has 0 radical (unpaired) electrons. The number of benzene rings is 2. The lowest BCUT2D eigenvalue weighted by atomic mass is 10.3. The minimum Gasteiger partial charge on any atom is -0.326 e. The Bertz CT molecular complexity index is 1230. The van der Waals surface area contributed by atoms with Crippen molar-refractivity contribution in [3.05, 3.63) is 82.2 Å². The third-order valence-corrected chi connectivity index (χ3v) is 4.59. The lowest BCUT2D eigenvalue weighted by Crippen LogP contribution is -2.23. The molecule has 4 rings (SSSR count). The molecule has 0 saturated carbocycles. The van der Waals surface area contributed by atoms with E-state index in [1.54, 1.807) is 36.4 Å². The van der Waals surface area contributed by atoms with Gasteiger partial charge in [-0.05, 0) is 48.5 Å². The number of carbonyl (C=O) groups excluding carboxylic acids is 1. The molecule has 29 heavy (non-hydrogen) atoms. The molecule has 0 aliphatic heterocycles. The van der Waals surface area contributed by atoms with Gasteiger partial charge in [0.1, 0.15) is 11.2 Å². The van der Waals surface area contributed by atoms with Gasteiger partial charge in [-0.1, -0.05) is 11.6 Å². The fourth-order valence-electron chi connectivity index (χ4n) is 2.86. The monoisotopic (exact) mass is 411 g/mol. The van der Waals surface area contributed by atoms with Gasteiger partial charge >= 0.3 is 0 Å². The number of halogens is 2. The first-order valence-electron chi connectivity index (χ1n) is 8.76. The molecule has 2 heterocycles. The second-order valence-corrected chi connectivity index (χ2v) is 6.75. The van der Waals surface area contributed by atoms with Gasteiger partial charge in [0.25, 0.3) is 5.56 Å². The van der Waals surface area contributed by atoms with Crippen LogP contribution in [0, 0.1) is 5.82 Å². The first kappa shape index (κ1) is 18.8. The molecule has 0 saturated heterocycles. The Balaban J connectivity index is 1.51. The van der Waals surface area contributed by atoms with Gasteiger partial charge in [-0.3, -0.25) is 14.2 Å². The molecule has 4 aromatic rings. The van der Waals surface area contributed by atoms with Gasteiger partial charge in [0.05, 0.1) is 18.2 Å². The Morgan fingerprint density at radius 3 is 2.55 bits per heavy atom. The third kappa shape index (κ3) is 4.02. The molecule has 146 valence electrons. The number of nitrogens with one attached hydrogen (secondary N) is 1. The van der Waals surface area contributed by atoms with Crippen molar-refractivity contribution in [3.8, 4) is 5.69 Å². The number of hydrogen-bond donors (Lipinski definition) is 1. The van der Waals surface area contributed by atoms with Gasteiger partial charge < -0.3 is 5.32 Å². The number of anilines is 1. The summed E-state index contributed by atoms with van der Waals surface area (Å²) in [6, 6.07) is 12.5. The highest BCUT2D eigenvalue weighted by Crippen LogP contribution is 2.15. The van der Waals surface area contributed by atoms with Crippen molar-refractivity contribution in [2.45, 2.75) is 13.0 Å². The summed E-state index contributed by atoms with van der Waals surface area (Å²) in [6.07, 6.45) is 2.89. The maximum absolute atomic E-state index is 13.1. The van der Waals surface area contributed by atoms with Gasteiger partial charge in [0, 0.05) is 23.7 Å². The lowest BCUT2D eigenvalue weighted by molar-refractivity contribution is -0.116. The van der Waals surface area contributed by atoms with Crippen molar-refractivity contribution in [1.29, 1.82) is 0 Å². The number of rotatable bonds is 5. The average Bonchev–Trinajstić information content (AvgIpc) is 3.15. The van der Waals surface area contributed by atoms with Crippen LogP contribution in [0.1, 0.15) is 6.42 Å². The van der Waals surface area contributed by atoms with E-state index in [1.807, 2.05) is 0 Å². The molecule has 0 bridgehead atoms. The molecule has 7 nitrogen and oxygen atoms in total. The quantitative estimate of drug-likeness (QED) is 0.545. The summed E-state index contributed by atoms with van der Waals surface area (Å²) >= 11 is 5.82. The van der Waals surface area contributed by atoms with E-state index in [1.165, 1.54) is 33.9 Å². The van der Waals surface area contributed by atoms with Crippen molar-refractivity contribution in [3.63, 3.8) is 0 Å². The van der Waals surface area contributed by atoms with E-state index in [9.17, 15) is 14.0 Å². The van der Waals surface area contributed by atoms with Crippen LogP contribution in [0.2, 0.25) is 5.02 Å². The van der Waals surface area contributed by atoms with Crippen LogP contribution in [-0.2, 0) is 11.3 Å². The normalized spacial score (nSPS) is 11.0. The number of fused-ring (bicyclic) bond motifs is 1. The van der Waals surface area contributed by atoms with Gasteiger partial charge in [-0.25, -0.2) is 14.1 Å². The highest BCUT2D eigenvalue weighted by Gasteiger charge is 2.12. The Kier molecular flexibility index (Phi) is 5.09. The van der Waals surface area contributed by atoms with Crippen LogP contribution < -0.4 is 10.9 Å². The first-order valence-corrected chi connectivity index (χ1v) is 9.13. The maximum atomic E-state index is 13.1. The van der Waals surface area contributed by atoms with E-state index in [4.69, 9.17) is 11.6 Å². The van der Waals surface area contributed by atoms with Crippen LogP contribution in [0.5, 0.6) is 0 Å². The van der Waals surface area contributed by atoms with Crippen LogP contribution in [0.25, 0.3) is 16.7 Å². The molecule has 0 unspecified atom stereocenters. The summed E-state index contributed by atoms with van der Waals surface area (Å²) in [5.41, 5.74) is 1.28. The van der Waals surface area contributed by atoms with Crippen molar-refractivity contribution in [2.24, 2.45) is 0 Å². The standard InChI is InChI=1S/C20H15ClFN5O2/c21-13-1-5-15(6-2-13)25-18(28)9-10-26-12-23-19-17(20(26)29)11-24-27(19)16-7-3-14(22)4-8-16/h1-8,11-12H,9-10H2,(H,25,28). The smallest absolute Gasteiger partial charge is 0.264 e. The Labute approximate surface area is 169 Å². The number of carbonyl (C=O) groups is 1. The molecule has 2 aromatic heterocycles. The molecule has 0 fully saturated rings. The third-order valence-electron chi connectivity index (χ3n) is 4.33. The minimum atomic E-state index is -0.364. The van der Waals surface area contributed by atoms with E-state index < -0.39 is 0 Å². The molecule has 2 aromatic carbocycles. The van der Waals surface area contributed by atoms with E-state index in [0.717, 1.165) is 0 Å². The zero-order valence-corrected chi connectivity index (χ0v) is 15.8. The summed E-state index contributed by atoms with van der Waals surface area (Å²) in [6.45, 7) is 0.170. The van der Waals surface area contributed by atoms with Crippen LogP contribution in [0.4, 0.5) is 10.1 Å². The zero-order valence-electron chi connectivity index (χ0n) is 15.0. The fourth-order valence-corrected chi connectivity index (χ4v) is 2.98. The van der Waals surface area contributed by atoms with E-state index in [0.29, 0.717) is 27.4 Å². The minimum absolute atomic E-state index is 0.0990. The summed E-state index contributed by atoms with van der Waals surface area (Å²) < 4.78 is 16.0. The van der Waals surface area contributed by atoms with Gasteiger partial charge in [0.2, 0.25) is 5.91 Å². The van der Waals surface area contributed by atoms with Crippen molar-refractivity contribution >= 4 is 34.2 Å². The molecular formula is C20H15ClFN5O2. The van der Waals surface area contributed by atoms with Crippen LogP contribution in [0.15, 0.2) is 65.8 Å². The number of aromatic nitrogens is 4. The lowest BCUT2D eigenvalue weighted by Gasteiger charge is -2.08. The number of aryl methyl sites for hydroxylation is 1. The Morgan fingerprint density at radius 1 is 1.10 bits per heavy atom. The molecule has 1 amide bonds. The Morgan fingerprint density at radius 2 is 1.83 bits per heavy atom. The van der Waals surface area contributed by atoms with Gasteiger partial charge in [-0.2, -0.15) is 5.10 Å². The molecule has 0 spiro atoms. The van der Waals surface area contributed by atoms with Gasteiger partial charge in [-0.15, -0.1) is 0 Å². The van der Waals surface area contributed by atoms with Crippen LogP contribution >= 0.6 is 11.6 Å². The highest BCUT2D eigenvalue weighted by atomic mass is 35.5. The molecule has 0 aliphatic carbocycles. The summed E-state index contributed by atoms with van der Waals surface area (Å²) in [5.74, 6) is -0.598. The summed E-state index contributed by atoms with van der Waals surface area (Å²) in [5, 5.41) is 7.82. The number of nitrogens with zero attached hydrogens (tertiary/aromatic N) is 4. The molecular weight excluding hydrogens is 397 g/mol. The second-order valence-electron chi connectivity index (χ2n) is 6.32. The highest BCUT2D eigenvalue weighted by molar-refractivity contribution is 6.30. The van der Waals surface area contributed by atoms with Crippen molar-refractivity contribution < 1.29 is 9.18 Å². The summed E-state index contributed by atoms with van der Waals surface area (Å²) in [4.78, 5) is 29.1. The predicted octanol–water partition coefficient (Wildman–Crippen LogP) is 3.40. The van der Waals surface area contributed by atoms with Crippen molar-refractivity contribution in [1.82, 2.24) is 19.3 Å². The second kappa shape index (κ2) is 7.84. The van der Waals surface area contributed by atoms with Crippen molar-refractivity contribution in [2.75, 3.05) is 5.32 Å². The van der Waals surface area contributed by atoms with E-state index >= 15 is 0 Å². The van der Waals surface area contributed by atoms with Gasteiger partial charge in [0.15, 0.2) is 5.65 Å². The van der Waals surface area contributed by atoms with Crippen LogP contribution in [-0.4, -0.2) is 25.2 Å². The largest absolute Gasteiger partial charge is 0.326 e. The number of amides is 1. The summed E-state index contributed by atoms with van der Waals surface area (Å²) in [7, 11) is 0. The molecule has 1 N–H and O–H groups in total. The van der Waals surface area contributed by atoms with E-state index in [-0.39, 0.29) is 30.2 Å². The van der Waals surface area contributed by atoms with E-state index in [2.05, 4.69) is 15.4 Å².